The molecule has 0 heterocycles. The maximum absolute atomic E-state index is 12.7. The fraction of sp³-hybridized carbons (Fsp3) is 0.263. The number of nitrogens with one attached hydrogen (secondary N) is 2. The van der Waals surface area contributed by atoms with Crippen molar-refractivity contribution in [3.63, 3.8) is 0 Å². The fourth-order valence-electron chi connectivity index (χ4n) is 2.39. The molecule has 0 aromatic heterocycles. The lowest BCUT2D eigenvalue weighted by molar-refractivity contribution is -0.119. The van der Waals surface area contributed by atoms with E-state index < -0.39 is 10.0 Å². The molecular formula is C19H23N3O3S2. The Hall–Kier alpha value is -2.29. The third kappa shape index (κ3) is 6.13. The van der Waals surface area contributed by atoms with Crippen molar-refractivity contribution in [2.75, 3.05) is 12.4 Å². The first-order chi connectivity index (χ1) is 12.8. The number of amides is 1. The third-order valence-electron chi connectivity index (χ3n) is 3.80. The van der Waals surface area contributed by atoms with E-state index >= 15 is 0 Å². The van der Waals surface area contributed by atoms with E-state index in [1.807, 2.05) is 37.3 Å². The molecule has 2 N–H and O–H groups in total. The van der Waals surface area contributed by atoms with E-state index in [0.29, 0.717) is 12.1 Å². The second-order valence-corrected chi connectivity index (χ2v) is 8.48. The molecule has 8 heteroatoms. The second-order valence-electron chi connectivity index (χ2n) is 6.02. The van der Waals surface area contributed by atoms with Gasteiger partial charge >= 0.3 is 0 Å². The SMILES string of the molecule is CCCC(=O)NC(=S)Nc1ccc(S(=O)(=O)N(C)Cc2ccccc2)cc1. The second kappa shape index (κ2) is 9.59. The van der Waals surface area contributed by atoms with Gasteiger partial charge in [-0.1, -0.05) is 37.3 Å². The first-order valence-electron chi connectivity index (χ1n) is 8.54. The average Bonchev–Trinajstić information content (AvgIpc) is 2.63. The van der Waals surface area contributed by atoms with Crippen LogP contribution in [0.3, 0.4) is 0 Å². The molecule has 0 atom stereocenters. The highest BCUT2D eigenvalue weighted by Gasteiger charge is 2.20. The standard InChI is InChI=1S/C19H23N3O3S2/c1-3-7-18(23)21-19(26)20-16-10-12-17(13-11-16)27(24,25)22(2)14-15-8-5-4-6-9-15/h4-6,8-13H,3,7,14H2,1-2H3,(H2,20,21,23,26). The summed E-state index contributed by atoms with van der Waals surface area (Å²) in [5.41, 5.74) is 1.51. The number of sulfonamides is 1. The number of thiocarbonyl (C=S) groups is 1. The van der Waals surface area contributed by atoms with Gasteiger partial charge in [-0.05, 0) is 48.5 Å². The molecule has 0 saturated heterocycles. The van der Waals surface area contributed by atoms with Crippen LogP contribution in [0, 0.1) is 0 Å². The van der Waals surface area contributed by atoms with Gasteiger partial charge < -0.3 is 10.6 Å². The van der Waals surface area contributed by atoms with E-state index in [9.17, 15) is 13.2 Å². The lowest BCUT2D eigenvalue weighted by Crippen LogP contribution is -2.33. The maximum atomic E-state index is 12.7. The van der Waals surface area contributed by atoms with E-state index in [1.54, 1.807) is 19.2 Å². The number of rotatable bonds is 7. The summed E-state index contributed by atoms with van der Waals surface area (Å²) in [5.74, 6) is -0.156. The Labute approximate surface area is 165 Å². The molecule has 0 aliphatic heterocycles. The van der Waals surface area contributed by atoms with Crippen LogP contribution in [0.1, 0.15) is 25.3 Å². The van der Waals surface area contributed by atoms with Crippen molar-refractivity contribution in [1.29, 1.82) is 0 Å². The monoisotopic (exact) mass is 405 g/mol. The third-order valence-corrected chi connectivity index (χ3v) is 5.82. The van der Waals surface area contributed by atoms with E-state index in [0.717, 1.165) is 12.0 Å². The van der Waals surface area contributed by atoms with Crippen LogP contribution in [0.15, 0.2) is 59.5 Å². The molecule has 0 fully saturated rings. The van der Waals surface area contributed by atoms with Gasteiger partial charge in [-0.3, -0.25) is 4.79 Å². The van der Waals surface area contributed by atoms with Crippen LogP contribution in [0.2, 0.25) is 0 Å². The molecule has 144 valence electrons. The number of anilines is 1. The highest BCUT2D eigenvalue weighted by molar-refractivity contribution is 7.89. The van der Waals surface area contributed by atoms with Crippen molar-refractivity contribution in [3.05, 3.63) is 60.2 Å². The molecule has 6 nitrogen and oxygen atoms in total. The summed E-state index contributed by atoms with van der Waals surface area (Å²) < 4.78 is 26.7. The minimum Gasteiger partial charge on any atom is -0.332 e. The predicted octanol–water partition coefficient (Wildman–Crippen LogP) is 3.12. The number of nitrogens with zero attached hydrogens (tertiary/aromatic N) is 1. The van der Waals surface area contributed by atoms with E-state index in [1.165, 1.54) is 16.4 Å². The summed E-state index contributed by atoms with van der Waals surface area (Å²) in [7, 11) is -2.06. The fourth-order valence-corrected chi connectivity index (χ4v) is 3.78. The first-order valence-corrected chi connectivity index (χ1v) is 10.4. The zero-order valence-electron chi connectivity index (χ0n) is 15.3. The Morgan fingerprint density at radius 1 is 1.07 bits per heavy atom. The normalized spacial score (nSPS) is 11.2. The van der Waals surface area contributed by atoms with Gasteiger partial charge in [0.2, 0.25) is 15.9 Å². The van der Waals surface area contributed by atoms with Gasteiger partial charge in [0.15, 0.2) is 5.11 Å². The highest BCUT2D eigenvalue weighted by Crippen LogP contribution is 2.19. The van der Waals surface area contributed by atoms with Crippen molar-refractivity contribution >= 4 is 38.9 Å². The maximum Gasteiger partial charge on any atom is 0.243 e. The Morgan fingerprint density at radius 3 is 2.30 bits per heavy atom. The van der Waals surface area contributed by atoms with Crippen molar-refractivity contribution < 1.29 is 13.2 Å². The summed E-state index contributed by atoms with van der Waals surface area (Å²) >= 11 is 5.08. The smallest absolute Gasteiger partial charge is 0.243 e. The lowest BCUT2D eigenvalue weighted by Gasteiger charge is -2.17. The molecule has 0 radical (unpaired) electrons. The molecule has 0 aliphatic rings. The van der Waals surface area contributed by atoms with Gasteiger partial charge in [-0.25, -0.2) is 8.42 Å². The van der Waals surface area contributed by atoms with Crippen molar-refractivity contribution in [1.82, 2.24) is 9.62 Å². The zero-order chi connectivity index (χ0) is 19.9. The molecule has 2 aromatic rings. The minimum absolute atomic E-state index is 0.156. The Bertz CT molecular complexity index is 882. The Balaban J connectivity index is 2.02. The number of carbonyl (C=O) groups excluding carboxylic acids is 1. The van der Waals surface area contributed by atoms with Crippen molar-refractivity contribution in [3.8, 4) is 0 Å². The van der Waals surface area contributed by atoms with Crippen LogP contribution in [0.25, 0.3) is 0 Å². The summed E-state index contributed by atoms with van der Waals surface area (Å²) in [6.45, 7) is 2.20. The van der Waals surface area contributed by atoms with Gasteiger partial charge in [-0.15, -0.1) is 0 Å². The van der Waals surface area contributed by atoms with E-state index in [2.05, 4.69) is 10.6 Å². The molecule has 2 aromatic carbocycles. The highest BCUT2D eigenvalue weighted by atomic mass is 32.2. The quantitative estimate of drug-likeness (QED) is 0.692. The molecule has 0 saturated carbocycles. The average molecular weight is 406 g/mol. The van der Waals surface area contributed by atoms with Crippen molar-refractivity contribution in [2.24, 2.45) is 0 Å². The van der Waals surface area contributed by atoms with Crippen LogP contribution in [0.5, 0.6) is 0 Å². The molecule has 0 aliphatic carbocycles. The van der Waals surface area contributed by atoms with E-state index in [4.69, 9.17) is 12.2 Å². The molecular weight excluding hydrogens is 382 g/mol. The lowest BCUT2D eigenvalue weighted by atomic mass is 10.2. The molecule has 1 amide bonds. The van der Waals surface area contributed by atoms with Crippen LogP contribution in [0.4, 0.5) is 5.69 Å². The Morgan fingerprint density at radius 2 is 1.70 bits per heavy atom. The van der Waals surface area contributed by atoms with Crippen molar-refractivity contribution in [2.45, 2.75) is 31.2 Å². The van der Waals surface area contributed by atoms with Crippen LogP contribution in [-0.2, 0) is 21.4 Å². The number of hydrogen-bond acceptors (Lipinski definition) is 4. The van der Waals surface area contributed by atoms with Gasteiger partial charge in [0.25, 0.3) is 0 Å². The summed E-state index contributed by atoms with van der Waals surface area (Å²) in [6, 6.07) is 15.6. The van der Waals surface area contributed by atoms with Gasteiger partial charge in [-0.2, -0.15) is 4.31 Å². The van der Waals surface area contributed by atoms with Gasteiger partial charge in [0, 0.05) is 25.7 Å². The van der Waals surface area contributed by atoms with Crippen LogP contribution >= 0.6 is 12.2 Å². The first kappa shape index (κ1) is 21.0. The zero-order valence-corrected chi connectivity index (χ0v) is 16.9. The number of carbonyl (C=O) groups is 1. The van der Waals surface area contributed by atoms with Crippen LogP contribution < -0.4 is 10.6 Å². The van der Waals surface area contributed by atoms with Gasteiger partial charge in [0.1, 0.15) is 0 Å². The summed E-state index contributed by atoms with van der Waals surface area (Å²) in [5, 5.41) is 5.63. The molecule has 0 bridgehead atoms. The molecule has 27 heavy (non-hydrogen) atoms. The summed E-state index contributed by atoms with van der Waals surface area (Å²) in [6.07, 6.45) is 1.13. The summed E-state index contributed by atoms with van der Waals surface area (Å²) in [4.78, 5) is 11.7. The van der Waals surface area contributed by atoms with Crippen LogP contribution in [-0.4, -0.2) is 30.8 Å². The molecule has 0 spiro atoms. The Kier molecular flexibility index (Phi) is 7.46. The molecule has 2 rings (SSSR count). The topological polar surface area (TPSA) is 78.5 Å². The largest absolute Gasteiger partial charge is 0.332 e. The van der Waals surface area contributed by atoms with E-state index in [-0.39, 0.29) is 22.5 Å². The molecule has 0 unspecified atom stereocenters. The van der Waals surface area contributed by atoms with Gasteiger partial charge in [0.05, 0.1) is 4.90 Å². The minimum atomic E-state index is -3.61. The predicted molar refractivity (Wildman–Crippen MR) is 111 cm³/mol. The number of benzene rings is 2. The number of hydrogen-bond donors (Lipinski definition) is 2.